The summed E-state index contributed by atoms with van der Waals surface area (Å²) in [6.07, 6.45) is 5.07. The lowest BCUT2D eigenvalue weighted by atomic mass is 9.89. The van der Waals surface area contributed by atoms with E-state index in [1.807, 2.05) is 12.1 Å². The van der Waals surface area contributed by atoms with Gasteiger partial charge in [0.25, 0.3) is 0 Å². The molecule has 2 heteroatoms. The van der Waals surface area contributed by atoms with Crippen molar-refractivity contribution < 1.29 is 5.11 Å². The number of rotatable bonds is 3. The summed E-state index contributed by atoms with van der Waals surface area (Å²) in [5.41, 5.74) is 5.30. The van der Waals surface area contributed by atoms with Crippen LogP contribution >= 0.6 is 0 Å². The highest BCUT2D eigenvalue weighted by Gasteiger charge is 2.12. The molecule has 0 bridgehead atoms. The van der Waals surface area contributed by atoms with Crippen LogP contribution in [0.15, 0.2) is 42.5 Å². The van der Waals surface area contributed by atoms with E-state index in [0.717, 1.165) is 5.69 Å². The molecule has 0 heterocycles. The molecule has 2 N–H and O–H groups in total. The first-order valence-corrected chi connectivity index (χ1v) is 7.39. The molecule has 2 aromatic rings. The van der Waals surface area contributed by atoms with E-state index in [2.05, 4.69) is 30.4 Å². The molecular weight excluding hydrogens is 246 g/mol. The molecule has 1 atom stereocenters. The molecule has 0 aliphatic heterocycles. The van der Waals surface area contributed by atoms with Crippen LogP contribution in [-0.2, 0) is 12.8 Å². The minimum absolute atomic E-state index is 0.240. The van der Waals surface area contributed by atoms with E-state index in [0.29, 0.717) is 5.75 Å². The number of phenols is 1. The predicted molar refractivity (Wildman–Crippen MR) is 83.2 cm³/mol. The van der Waals surface area contributed by atoms with Crippen molar-refractivity contribution in [1.29, 1.82) is 0 Å². The quantitative estimate of drug-likeness (QED) is 0.861. The molecule has 0 saturated heterocycles. The first-order valence-electron chi connectivity index (χ1n) is 7.39. The first-order chi connectivity index (χ1) is 9.72. The zero-order valence-corrected chi connectivity index (χ0v) is 11.9. The van der Waals surface area contributed by atoms with Gasteiger partial charge in [0.15, 0.2) is 0 Å². The number of nitrogens with one attached hydrogen (secondary N) is 1. The van der Waals surface area contributed by atoms with Gasteiger partial charge in [-0.3, -0.25) is 0 Å². The van der Waals surface area contributed by atoms with Crippen molar-refractivity contribution in [3.63, 3.8) is 0 Å². The van der Waals surface area contributed by atoms with Gasteiger partial charge >= 0.3 is 0 Å². The van der Waals surface area contributed by atoms with Crippen molar-refractivity contribution in [1.82, 2.24) is 0 Å². The summed E-state index contributed by atoms with van der Waals surface area (Å²) in [5.74, 6) is 0.299. The van der Waals surface area contributed by atoms with Crippen LogP contribution in [0.25, 0.3) is 0 Å². The lowest BCUT2D eigenvalue weighted by molar-refractivity contribution is 0.475. The van der Waals surface area contributed by atoms with Crippen LogP contribution in [0.3, 0.4) is 0 Å². The average Bonchev–Trinajstić information content (AvgIpc) is 2.47. The number of hydrogen-bond donors (Lipinski definition) is 2. The van der Waals surface area contributed by atoms with Crippen LogP contribution in [0.5, 0.6) is 5.75 Å². The van der Waals surface area contributed by atoms with Gasteiger partial charge in [-0.15, -0.1) is 0 Å². The monoisotopic (exact) mass is 267 g/mol. The Morgan fingerprint density at radius 2 is 1.80 bits per heavy atom. The van der Waals surface area contributed by atoms with Gasteiger partial charge in [-0.05, 0) is 61.4 Å². The highest BCUT2D eigenvalue weighted by molar-refractivity contribution is 5.49. The molecular formula is C18H21NO. The first kappa shape index (κ1) is 13.0. The Bertz CT molecular complexity index is 606. The molecule has 0 amide bonds. The lowest BCUT2D eigenvalue weighted by Gasteiger charge is -2.20. The van der Waals surface area contributed by atoms with Crippen LogP contribution in [0.2, 0.25) is 0 Å². The molecule has 1 unspecified atom stereocenters. The van der Waals surface area contributed by atoms with Crippen LogP contribution < -0.4 is 5.32 Å². The number of phenolic OH excluding ortho intramolecular Hbond substituents is 1. The number of hydrogen-bond acceptors (Lipinski definition) is 2. The molecule has 2 nitrogen and oxygen atoms in total. The van der Waals surface area contributed by atoms with Gasteiger partial charge in [0.1, 0.15) is 5.75 Å². The topological polar surface area (TPSA) is 32.3 Å². The summed E-state index contributed by atoms with van der Waals surface area (Å²) in [7, 11) is 0. The summed E-state index contributed by atoms with van der Waals surface area (Å²) in [6.45, 7) is 2.16. The molecule has 1 aliphatic rings. The number of aryl methyl sites for hydroxylation is 2. The fourth-order valence-electron chi connectivity index (χ4n) is 2.95. The molecule has 20 heavy (non-hydrogen) atoms. The van der Waals surface area contributed by atoms with E-state index in [-0.39, 0.29) is 6.04 Å². The van der Waals surface area contributed by atoms with Crippen molar-refractivity contribution in [2.24, 2.45) is 0 Å². The smallest absolute Gasteiger partial charge is 0.117 e. The maximum Gasteiger partial charge on any atom is 0.117 e. The second kappa shape index (κ2) is 5.58. The molecule has 0 radical (unpaired) electrons. The third-order valence-corrected chi connectivity index (χ3v) is 4.10. The Labute approximate surface area is 120 Å². The Morgan fingerprint density at radius 1 is 1.00 bits per heavy atom. The van der Waals surface area contributed by atoms with Crippen LogP contribution in [0.4, 0.5) is 5.69 Å². The van der Waals surface area contributed by atoms with Crippen LogP contribution in [0, 0.1) is 0 Å². The molecule has 3 rings (SSSR count). The molecule has 0 spiro atoms. The highest BCUT2D eigenvalue weighted by Crippen LogP contribution is 2.27. The molecule has 104 valence electrons. The fourth-order valence-corrected chi connectivity index (χ4v) is 2.95. The average molecular weight is 267 g/mol. The normalized spacial score (nSPS) is 15.4. The van der Waals surface area contributed by atoms with Gasteiger partial charge < -0.3 is 10.4 Å². The van der Waals surface area contributed by atoms with Crippen LogP contribution in [0.1, 0.15) is 42.5 Å². The fraction of sp³-hybridized carbons (Fsp3) is 0.333. The van der Waals surface area contributed by atoms with Gasteiger partial charge in [0.2, 0.25) is 0 Å². The number of aromatic hydroxyl groups is 1. The van der Waals surface area contributed by atoms with E-state index in [1.54, 1.807) is 12.1 Å². The molecule has 1 aliphatic carbocycles. The number of fused-ring (bicyclic) bond motifs is 1. The Hall–Kier alpha value is -1.96. The van der Waals surface area contributed by atoms with Crippen molar-refractivity contribution in [2.75, 3.05) is 5.32 Å². The minimum atomic E-state index is 0.240. The highest BCUT2D eigenvalue weighted by atomic mass is 16.3. The molecule has 2 aromatic carbocycles. The van der Waals surface area contributed by atoms with E-state index in [4.69, 9.17) is 0 Å². The van der Waals surface area contributed by atoms with Crippen molar-refractivity contribution >= 4 is 5.69 Å². The largest absolute Gasteiger partial charge is 0.508 e. The standard InChI is InChI=1S/C18H21NO/c1-13(19-17-7-4-8-18(20)12-17)15-10-9-14-5-2-3-6-16(14)11-15/h4,7-13,19-20H,2-3,5-6H2,1H3. The molecule has 0 aromatic heterocycles. The Balaban J connectivity index is 1.78. The Morgan fingerprint density at radius 3 is 2.60 bits per heavy atom. The molecule has 0 saturated carbocycles. The SMILES string of the molecule is CC(Nc1cccc(O)c1)c1ccc2c(c1)CCCC2. The van der Waals surface area contributed by atoms with Gasteiger partial charge in [-0.1, -0.05) is 24.3 Å². The van der Waals surface area contributed by atoms with Crippen molar-refractivity contribution in [3.8, 4) is 5.75 Å². The maximum absolute atomic E-state index is 9.51. The van der Waals surface area contributed by atoms with Gasteiger partial charge in [-0.2, -0.15) is 0 Å². The summed E-state index contributed by atoms with van der Waals surface area (Å²) in [4.78, 5) is 0. The second-order valence-electron chi connectivity index (χ2n) is 5.65. The summed E-state index contributed by atoms with van der Waals surface area (Å²) in [5, 5.41) is 13.0. The van der Waals surface area contributed by atoms with Crippen molar-refractivity contribution in [3.05, 3.63) is 59.2 Å². The predicted octanol–water partition coefficient (Wildman–Crippen LogP) is 4.44. The zero-order chi connectivity index (χ0) is 13.9. The van der Waals surface area contributed by atoms with Crippen LogP contribution in [-0.4, -0.2) is 5.11 Å². The van der Waals surface area contributed by atoms with Gasteiger partial charge in [-0.25, -0.2) is 0 Å². The third kappa shape index (κ3) is 2.79. The van der Waals surface area contributed by atoms with E-state index >= 15 is 0 Å². The summed E-state index contributed by atoms with van der Waals surface area (Å²) >= 11 is 0. The summed E-state index contributed by atoms with van der Waals surface area (Å²) in [6, 6.07) is 14.4. The zero-order valence-electron chi connectivity index (χ0n) is 11.9. The minimum Gasteiger partial charge on any atom is -0.508 e. The van der Waals surface area contributed by atoms with E-state index in [9.17, 15) is 5.11 Å². The Kier molecular flexibility index (Phi) is 3.64. The lowest BCUT2D eigenvalue weighted by Crippen LogP contribution is -2.09. The van der Waals surface area contributed by atoms with Gasteiger partial charge in [0, 0.05) is 17.8 Å². The van der Waals surface area contributed by atoms with E-state index in [1.165, 1.54) is 42.4 Å². The van der Waals surface area contributed by atoms with E-state index < -0.39 is 0 Å². The maximum atomic E-state index is 9.51. The third-order valence-electron chi connectivity index (χ3n) is 4.10. The van der Waals surface area contributed by atoms with Gasteiger partial charge in [0.05, 0.1) is 0 Å². The summed E-state index contributed by atoms with van der Waals surface area (Å²) < 4.78 is 0. The number of benzene rings is 2. The second-order valence-corrected chi connectivity index (χ2v) is 5.65. The molecule has 0 fully saturated rings. The number of anilines is 1. The van der Waals surface area contributed by atoms with Crippen molar-refractivity contribution in [2.45, 2.75) is 38.6 Å².